The van der Waals surface area contributed by atoms with Crippen LogP contribution in [0, 0.1) is 13.8 Å². The first-order valence-corrected chi connectivity index (χ1v) is 11.1. The number of fused-ring (bicyclic) bond motifs is 1. The number of hydrogen-bond donors (Lipinski definition) is 2. The first kappa shape index (κ1) is 20.1. The third kappa shape index (κ3) is 4.08. The van der Waals surface area contributed by atoms with Crippen LogP contribution < -0.4 is 10.0 Å². The van der Waals surface area contributed by atoms with Crippen LogP contribution in [0.5, 0.6) is 0 Å². The van der Waals surface area contributed by atoms with Gasteiger partial charge < -0.3 is 5.32 Å². The summed E-state index contributed by atoms with van der Waals surface area (Å²) in [7, 11) is -3.89. The highest BCUT2D eigenvalue weighted by molar-refractivity contribution is 7.92. The van der Waals surface area contributed by atoms with Crippen LogP contribution in [-0.2, 0) is 10.0 Å². The number of benzene rings is 3. The molecular formula is C22H19ClN4O2S. The molecule has 0 bridgehead atoms. The molecule has 0 atom stereocenters. The second-order valence-electron chi connectivity index (χ2n) is 6.89. The lowest BCUT2D eigenvalue weighted by Crippen LogP contribution is -2.17. The number of sulfonamides is 1. The Labute approximate surface area is 180 Å². The number of aryl methyl sites for hydroxylation is 2. The normalized spacial score (nSPS) is 11.4. The van der Waals surface area contributed by atoms with Gasteiger partial charge in [-0.1, -0.05) is 48.0 Å². The molecule has 0 radical (unpaired) electrons. The van der Waals surface area contributed by atoms with Crippen LogP contribution in [-0.4, -0.2) is 18.4 Å². The summed E-state index contributed by atoms with van der Waals surface area (Å²) in [6.07, 6.45) is 0. The van der Waals surface area contributed by atoms with Gasteiger partial charge in [0, 0.05) is 0 Å². The Morgan fingerprint density at radius 1 is 0.833 bits per heavy atom. The molecule has 0 spiro atoms. The summed E-state index contributed by atoms with van der Waals surface area (Å²) in [6.45, 7) is 3.60. The third-order valence-electron chi connectivity index (χ3n) is 4.56. The molecule has 0 amide bonds. The molecule has 30 heavy (non-hydrogen) atoms. The Kier molecular flexibility index (Phi) is 5.32. The fourth-order valence-electron chi connectivity index (χ4n) is 3.03. The van der Waals surface area contributed by atoms with E-state index in [1.807, 2.05) is 43.3 Å². The zero-order chi connectivity index (χ0) is 21.3. The van der Waals surface area contributed by atoms with Crippen molar-refractivity contribution in [2.24, 2.45) is 0 Å². The number of halogens is 1. The molecule has 0 saturated heterocycles. The Balaban J connectivity index is 1.82. The summed E-state index contributed by atoms with van der Waals surface area (Å²) in [5.74, 6) is 0.352. The summed E-state index contributed by atoms with van der Waals surface area (Å²) in [5.41, 5.74) is 3.28. The standard InChI is InChI=1S/C22H19ClN4O2S/c1-14-11-12-15(2)20(13-14)30(28,29)27-22-21(24-17-8-4-3-7-16(17)23)25-18-9-5-6-10-19(18)26-22/h3-13H,1-2H3,(H,24,25)(H,26,27). The average Bonchev–Trinajstić information content (AvgIpc) is 2.71. The molecule has 0 aliphatic rings. The van der Waals surface area contributed by atoms with Gasteiger partial charge in [0.15, 0.2) is 11.6 Å². The number of nitrogens with zero attached hydrogens (tertiary/aromatic N) is 2. The van der Waals surface area contributed by atoms with Crippen LogP contribution in [0.2, 0.25) is 5.02 Å². The molecule has 0 saturated carbocycles. The Hall–Kier alpha value is -3.16. The van der Waals surface area contributed by atoms with Crippen molar-refractivity contribution in [3.8, 4) is 0 Å². The second kappa shape index (κ2) is 7.93. The van der Waals surface area contributed by atoms with Gasteiger partial charge in [-0.2, -0.15) is 0 Å². The van der Waals surface area contributed by atoms with Gasteiger partial charge in [0.05, 0.1) is 26.6 Å². The molecule has 1 heterocycles. The first-order valence-electron chi connectivity index (χ1n) is 9.22. The van der Waals surface area contributed by atoms with Gasteiger partial charge in [0.1, 0.15) is 0 Å². The maximum atomic E-state index is 13.1. The van der Waals surface area contributed by atoms with E-state index in [0.29, 0.717) is 27.3 Å². The molecule has 3 aromatic carbocycles. The maximum Gasteiger partial charge on any atom is 0.263 e. The van der Waals surface area contributed by atoms with E-state index < -0.39 is 10.0 Å². The molecule has 8 heteroatoms. The Bertz CT molecular complexity index is 1360. The SMILES string of the molecule is Cc1ccc(C)c(S(=O)(=O)Nc2nc3ccccc3nc2Nc2ccccc2Cl)c1. The lowest BCUT2D eigenvalue weighted by atomic mass is 10.2. The van der Waals surface area contributed by atoms with E-state index >= 15 is 0 Å². The highest BCUT2D eigenvalue weighted by Gasteiger charge is 2.21. The Morgan fingerprint density at radius 3 is 2.17 bits per heavy atom. The fraction of sp³-hybridized carbons (Fsp3) is 0.0909. The van der Waals surface area contributed by atoms with E-state index in [9.17, 15) is 8.42 Å². The topological polar surface area (TPSA) is 84.0 Å². The molecule has 0 aliphatic carbocycles. The zero-order valence-corrected chi connectivity index (χ0v) is 17.9. The molecule has 1 aromatic heterocycles. The van der Waals surface area contributed by atoms with Crippen molar-refractivity contribution in [1.29, 1.82) is 0 Å². The van der Waals surface area contributed by atoms with Gasteiger partial charge in [-0.05, 0) is 55.3 Å². The molecule has 4 aromatic rings. The third-order valence-corrected chi connectivity index (χ3v) is 6.37. The molecule has 0 aliphatic heterocycles. The van der Waals surface area contributed by atoms with E-state index in [0.717, 1.165) is 5.56 Å². The zero-order valence-electron chi connectivity index (χ0n) is 16.3. The van der Waals surface area contributed by atoms with Gasteiger partial charge in [-0.15, -0.1) is 0 Å². The number of anilines is 3. The van der Waals surface area contributed by atoms with Crippen molar-refractivity contribution >= 4 is 50.0 Å². The molecule has 2 N–H and O–H groups in total. The molecule has 152 valence electrons. The minimum atomic E-state index is -3.89. The van der Waals surface area contributed by atoms with Crippen LogP contribution in [0.3, 0.4) is 0 Å². The van der Waals surface area contributed by atoms with Crippen molar-refractivity contribution in [2.45, 2.75) is 18.7 Å². The number of hydrogen-bond acceptors (Lipinski definition) is 5. The van der Waals surface area contributed by atoms with Gasteiger partial charge >= 0.3 is 0 Å². The van der Waals surface area contributed by atoms with E-state index in [-0.39, 0.29) is 16.5 Å². The van der Waals surface area contributed by atoms with Crippen LogP contribution in [0.4, 0.5) is 17.3 Å². The number of para-hydroxylation sites is 3. The van der Waals surface area contributed by atoms with Gasteiger partial charge in [0.25, 0.3) is 10.0 Å². The van der Waals surface area contributed by atoms with E-state index in [1.54, 1.807) is 37.3 Å². The van der Waals surface area contributed by atoms with Gasteiger partial charge in [-0.3, -0.25) is 4.72 Å². The van der Waals surface area contributed by atoms with Gasteiger partial charge in [0.2, 0.25) is 0 Å². The Morgan fingerprint density at radius 2 is 1.47 bits per heavy atom. The van der Waals surface area contributed by atoms with Crippen molar-refractivity contribution < 1.29 is 8.42 Å². The number of rotatable bonds is 5. The van der Waals surface area contributed by atoms with Crippen molar-refractivity contribution in [2.75, 3.05) is 10.0 Å². The van der Waals surface area contributed by atoms with Crippen molar-refractivity contribution in [3.05, 3.63) is 82.9 Å². The monoisotopic (exact) mass is 438 g/mol. The summed E-state index contributed by atoms with van der Waals surface area (Å²) in [5, 5.41) is 3.58. The average molecular weight is 439 g/mol. The van der Waals surface area contributed by atoms with Crippen molar-refractivity contribution in [3.63, 3.8) is 0 Å². The fourth-order valence-corrected chi connectivity index (χ4v) is 4.55. The van der Waals surface area contributed by atoms with Crippen LogP contribution in [0.1, 0.15) is 11.1 Å². The summed E-state index contributed by atoms with van der Waals surface area (Å²) < 4.78 is 28.9. The van der Waals surface area contributed by atoms with Crippen LogP contribution >= 0.6 is 11.6 Å². The van der Waals surface area contributed by atoms with Crippen molar-refractivity contribution in [1.82, 2.24) is 9.97 Å². The van der Waals surface area contributed by atoms with Crippen LogP contribution in [0.15, 0.2) is 71.6 Å². The minimum absolute atomic E-state index is 0.0922. The first-order chi connectivity index (χ1) is 14.3. The smallest absolute Gasteiger partial charge is 0.263 e. The van der Waals surface area contributed by atoms with Gasteiger partial charge in [-0.25, -0.2) is 18.4 Å². The lowest BCUT2D eigenvalue weighted by molar-refractivity contribution is 0.600. The predicted octanol–water partition coefficient (Wildman–Crippen LogP) is 5.44. The summed E-state index contributed by atoms with van der Waals surface area (Å²) in [4.78, 5) is 9.27. The molecule has 0 fully saturated rings. The highest BCUT2D eigenvalue weighted by Crippen LogP contribution is 2.30. The highest BCUT2D eigenvalue weighted by atomic mass is 35.5. The molecular weight excluding hydrogens is 420 g/mol. The predicted molar refractivity (Wildman–Crippen MR) is 121 cm³/mol. The lowest BCUT2D eigenvalue weighted by Gasteiger charge is -2.15. The molecule has 0 unspecified atom stereocenters. The molecule has 4 rings (SSSR count). The van der Waals surface area contributed by atoms with E-state index in [2.05, 4.69) is 20.0 Å². The second-order valence-corrected chi connectivity index (χ2v) is 8.95. The number of nitrogens with one attached hydrogen (secondary N) is 2. The largest absolute Gasteiger partial charge is 0.336 e. The summed E-state index contributed by atoms with van der Waals surface area (Å²) in [6, 6.07) is 19.7. The van der Waals surface area contributed by atoms with Crippen LogP contribution in [0.25, 0.3) is 11.0 Å². The number of aromatic nitrogens is 2. The summed E-state index contributed by atoms with van der Waals surface area (Å²) >= 11 is 6.26. The minimum Gasteiger partial charge on any atom is -0.336 e. The van der Waals surface area contributed by atoms with E-state index in [4.69, 9.17) is 11.6 Å². The maximum absolute atomic E-state index is 13.1. The van der Waals surface area contributed by atoms with E-state index in [1.165, 1.54) is 0 Å². The molecule has 6 nitrogen and oxygen atoms in total. The quantitative estimate of drug-likeness (QED) is 0.433.